The lowest BCUT2D eigenvalue weighted by atomic mass is 9.82. The highest BCUT2D eigenvalue weighted by Gasteiger charge is 2.42. The van der Waals surface area contributed by atoms with Crippen LogP contribution in [0, 0.1) is 18.3 Å². The quantitative estimate of drug-likeness (QED) is 0.809. The lowest BCUT2D eigenvalue weighted by Gasteiger charge is -2.39. The average Bonchev–Trinajstić information content (AvgIpc) is 3.34. The van der Waals surface area contributed by atoms with Crippen LogP contribution < -0.4 is 0 Å². The van der Waals surface area contributed by atoms with Crippen LogP contribution >= 0.6 is 0 Å². The summed E-state index contributed by atoms with van der Waals surface area (Å²) in [5.74, 6) is 1.93. The number of hydrogen-bond acceptors (Lipinski definition) is 5. The van der Waals surface area contributed by atoms with Gasteiger partial charge in [-0.15, -0.1) is 0 Å². The van der Waals surface area contributed by atoms with Crippen molar-refractivity contribution >= 4 is 5.91 Å². The first-order chi connectivity index (χ1) is 13.3. The third-order valence-electron chi connectivity index (χ3n) is 6.11. The monoisotopic (exact) mass is 385 g/mol. The molecule has 0 unspecified atom stereocenters. The van der Waals surface area contributed by atoms with Gasteiger partial charge in [0.15, 0.2) is 0 Å². The van der Waals surface area contributed by atoms with E-state index in [1.165, 1.54) is 6.42 Å². The number of aromatic nitrogens is 3. The Morgan fingerprint density at radius 1 is 1.32 bits per heavy atom. The molecule has 2 atom stereocenters. The molecule has 2 aromatic heterocycles. The van der Waals surface area contributed by atoms with Crippen molar-refractivity contribution in [2.24, 2.45) is 18.4 Å². The van der Waals surface area contributed by atoms with Crippen molar-refractivity contribution in [3.8, 4) is 0 Å². The van der Waals surface area contributed by atoms with Crippen molar-refractivity contribution in [1.82, 2.24) is 24.6 Å². The maximum Gasteiger partial charge on any atom is 0.227 e. The SMILES string of the molecule is Cc1cnc(CN2C[C@H](C(=O)N3CCCC(C)(C)C3)[C@@H](c3cnn(C)c3)C2)o1. The number of likely N-dealkylation sites (tertiary alicyclic amines) is 2. The van der Waals surface area contributed by atoms with Gasteiger partial charge in [-0.3, -0.25) is 14.4 Å². The molecule has 7 nitrogen and oxygen atoms in total. The fourth-order valence-corrected chi connectivity index (χ4v) is 4.75. The van der Waals surface area contributed by atoms with E-state index >= 15 is 0 Å². The Bertz CT molecular complexity index is 839. The second-order valence-electron chi connectivity index (χ2n) is 9.25. The molecule has 4 heterocycles. The van der Waals surface area contributed by atoms with Crippen LogP contribution in [0.5, 0.6) is 0 Å². The van der Waals surface area contributed by atoms with E-state index in [0.717, 1.165) is 49.8 Å². The molecule has 7 heteroatoms. The van der Waals surface area contributed by atoms with Crippen LogP contribution in [0.4, 0.5) is 0 Å². The molecule has 1 amide bonds. The van der Waals surface area contributed by atoms with E-state index in [-0.39, 0.29) is 23.2 Å². The number of hydrogen-bond donors (Lipinski definition) is 0. The summed E-state index contributed by atoms with van der Waals surface area (Å²) in [5, 5.41) is 4.35. The van der Waals surface area contributed by atoms with Gasteiger partial charge in [0.1, 0.15) is 5.76 Å². The van der Waals surface area contributed by atoms with E-state index in [9.17, 15) is 4.79 Å². The predicted molar refractivity (Wildman–Crippen MR) is 106 cm³/mol. The Hall–Kier alpha value is -2.15. The number of aryl methyl sites for hydroxylation is 2. The van der Waals surface area contributed by atoms with Crippen molar-refractivity contribution in [3.05, 3.63) is 35.8 Å². The van der Waals surface area contributed by atoms with Gasteiger partial charge in [0.05, 0.1) is 24.9 Å². The van der Waals surface area contributed by atoms with Crippen LogP contribution in [0.15, 0.2) is 23.0 Å². The number of rotatable bonds is 4. The average molecular weight is 386 g/mol. The smallest absolute Gasteiger partial charge is 0.227 e. The molecule has 0 radical (unpaired) electrons. The first-order valence-corrected chi connectivity index (χ1v) is 10.2. The van der Waals surface area contributed by atoms with Crippen LogP contribution in [-0.4, -0.2) is 56.7 Å². The van der Waals surface area contributed by atoms with Gasteiger partial charge in [-0.1, -0.05) is 13.8 Å². The molecule has 2 aliphatic heterocycles. The molecule has 2 aromatic rings. The summed E-state index contributed by atoms with van der Waals surface area (Å²) in [5.41, 5.74) is 1.34. The first kappa shape index (κ1) is 19.2. The van der Waals surface area contributed by atoms with Crippen LogP contribution in [0.25, 0.3) is 0 Å². The minimum Gasteiger partial charge on any atom is -0.445 e. The Labute approximate surface area is 166 Å². The molecule has 0 bridgehead atoms. The Balaban J connectivity index is 1.54. The maximum absolute atomic E-state index is 13.5. The van der Waals surface area contributed by atoms with Crippen molar-refractivity contribution in [1.29, 1.82) is 0 Å². The predicted octanol–water partition coefficient (Wildman–Crippen LogP) is 2.58. The van der Waals surface area contributed by atoms with Gasteiger partial charge in [-0.25, -0.2) is 4.98 Å². The van der Waals surface area contributed by atoms with E-state index in [4.69, 9.17) is 4.42 Å². The molecule has 4 rings (SSSR count). The normalized spacial score (nSPS) is 25.4. The molecule has 2 fully saturated rings. The minimum absolute atomic E-state index is 0.0471. The molecular formula is C21H31N5O2. The zero-order valence-electron chi connectivity index (χ0n) is 17.4. The number of carbonyl (C=O) groups excluding carboxylic acids is 1. The fourth-order valence-electron chi connectivity index (χ4n) is 4.75. The summed E-state index contributed by atoms with van der Waals surface area (Å²) in [6, 6.07) is 0. The molecule has 0 aliphatic carbocycles. The van der Waals surface area contributed by atoms with Crippen molar-refractivity contribution < 1.29 is 9.21 Å². The molecule has 2 aliphatic rings. The van der Waals surface area contributed by atoms with Crippen LogP contribution in [-0.2, 0) is 18.4 Å². The summed E-state index contributed by atoms with van der Waals surface area (Å²) in [4.78, 5) is 22.2. The van der Waals surface area contributed by atoms with Gasteiger partial charge in [0, 0.05) is 45.3 Å². The number of piperidine rings is 1. The summed E-state index contributed by atoms with van der Waals surface area (Å²) in [6.07, 6.45) is 7.97. The van der Waals surface area contributed by atoms with Gasteiger partial charge in [0.2, 0.25) is 11.8 Å². The molecular weight excluding hydrogens is 354 g/mol. The van der Waals surface area contributed by atoms with E-state index in [1.807, 2.05) is 31.0 Å². The molecule has 0 saturated carbocycles. The van der Waals surface area contributed by atoms with Gasteiger partial charge in [-0.2, -0.15) is 5.10 Å². The maximum atomic E-state index is 13.5. The summed E-state index contributed by atoms with van der Waals surface area (Å²) in [7, 11) is 1.93. The lowest BCUT2D eigenvalue weighted by molar-refractivity contribution is -0.138. The molecule has 28 heavy (non-hydrogen) atoms. The number of carbonyl (C=O) groups is 1. The van der Waals surface area contributed by atoms with Gasteiger partial charge in [-0.05, 0) is 30.7 Å². The number of amides is 1. The van der Waals surface area contributed by atoms with E-state index in [2.05, 4.69) is 33.7 Å². The standard InChI is InChI=1S/C21H31N5O2/c1-15-8-22-19(28-15)13-25-11-17(16-9-23-24(4)10-16)18(12-25)20(27)26-7-5-6-21(2,3)14-26/h8-10,17-18H,5-7,11-14H2,1-4H3/t17-,18+/m1/s1. The van der Waals surface area contributed by atoms with Crippen molar-refractivity contribution in [2.75, 3.05) is 26.2 Å². The molecule has 152 valence electrons. The third kappa shape index (κ3) is 3.99. The highest BCUT2D eigenvalue weighted by Crippen LogP contribution is 2.37. The minimum atomic E-state index is -0.0471. The number of nitrogens with zero attached hydrogens (tertiary/aromatic N) is 5. The Morgan fingerprint density at radius 2 is 2.14 bits per heavy atom. The zero-order valence-corrected chi connectivity index (χ0v) is 17.4. The van der Waals surface area contributed by atoms with Crippen molar-refractivity contribution in [3.63, 3.8) is 0 Å². The highest BCUT2D eigenvalue weighted by molar-refractivity contribution is 5.80. The lowest BCUT2D eigenvalue weighted by Crippen LogP contribution is -2.47. The zero-order chi connectivity index (χ0) is 19.9. The van der Waals surface area contributed by atoms with E-state index in [0.29, 0.717) is 6.54 Å². The largest absolute Gasteiger partial charge is 0.445 e. The molecule has 0 aromatic carbocycles. The summed E-state index contributed by atoms with van der Waals surface area (Å²) >= 11 is 0. The van der Waals surface area contributed by atoms with E-state index < -0.39 is 0 Å². The Kier molecular flexibility index (Phi) is 5.04. The molecule has 2 saturated heterocycles. The highest BCUT2D eigenvalue weighted by atomic mass is 16.4. The van der Waals surface area contributed by atoms with Gasteiger partial charge in [0.25, 0.3) is 0 Å². The topological polar surface area (TPSA) is 67.4 Å². The van der Waals surface area contributed by atoms with Crippen molar-refractivity contribution in [2.45, 2.75) is 46.1 Å². The molecule has 0 N–H and O–H groups in total. The summed E-state index contributed by atoms with van der Waals surface area (Å²) < 4.78 is 7.49. The van der Waals surface area contributed by atoms with Gasteiger partial charge >= 0.3 is 0 Å². The van der Waals surface area contributed by atoms with Crippen LogP contribution in [0.3, 0.4) is 0 Å². The first-order valence-electron chi connectivity index (χ1n) is 10.2. The second kappa shape index (κ2) is 7.35. The summed E-state index contributed by atoms with van der Waals surface area (Å²) in [6.45, 7) is 10.3. The van der Waals surface area contributed by atoms with Crippen LogP contribution in [0.1, 0.15) is 49.8 Å². The van der Waals surface area contributed by atoms with E-state index in [1.54, 1.807) is 6.20 Å². The fraction of sp³-hybridized carbons (Fsp3) is 0.667. The third-order valence-corrected chi connectivity index (χ3v) is 6.11. The number of oxazole rings is 1. The van der Waals surface area contributed by atoms with Crippen LogP contribution in [0.2, 0.25) is 0 Å². The van der Waals surface area contributed by atoms with Gasteiger partial charge < -0.3 is 9.32 Å². The second-order valence-corrected chi connectivity index (χ2v) is 9.25. The Morgan fingerprint density at radius 3 is 2.79 bits per heavy atom. The molecule has 0 spiro atoms.